The minimum Gasteiger partial charge on any atom is -0.316 e. The van der Waals surface area contributed by atoms with Crippen LogP contribution in [-0.4, -0.2) is 23.6 Å². The number of aromatic nitrogens is 2. The Balaban J connectivity index is 2.73. The first-order chi connectivity index (χ1) is 6.36. The lowest BCUT2D eigenvalue weighted by Gasteiger charge is -2.02. The van der Waals surface area contributed by atoms with E-state index in [-0.39, 0.29) is 0 Å². The van der Waals surface area contributed by atoms with Crippen molar-refractivity contribution in [3.8, 4) is 0 Å². The van der Waals surface area contributed by atoms with E-state index in [1.54, 1.807) is 12.5 Å². The van der Waals surface area contributed by atoms with E-state index in [9.17, 15) is 0 Å². The van der Waals surface area contributed by atoms with Crippen LogP contribution in [0.5, 0.6) is 0 Å². The summed E-state index contributed by atoms with van der Waals surface area (Å²) in [6.45, 7) is 3.06. The molecule has 0 fully saturated rings. The van der Waals surface area contributed by atoms with Gasteiger partial charge in [0.05, 0.1) is 5.69 Å². The van der Waals surface area contributed by atoms with Gasteiger partial charge in [-0.25, -0.2) is 9.97 Å². The number of hydrogen-bond donors (Lipinski definition) is 1. The third-order valence-electron chi connectivity index (χ3n) is 1.81. The van der Waals surface area contributed by atoms with Gasteiger partial charge in [-0.2, -0.15) is 0 Å². The van der Waals surface area contributed by atoms with Crippen LogP contribution >= 0.6 is 0 Å². The minimum absolute atomic E-state index is 0.917. The second-order valence-corrected chi connectivity index (χ2v) is 2.82. The van der Waals surface area contributed by atoms with Gasteiger partial charge >= 0.3 is 0 Å². The fraction of sp³-hybridized carbons (Fsp3) is 0.400. The van der Waals surface area contributed by atoms with E-state index < -0.39 is 0 Å². The number of nitrogens with zero attached hydrogens (tertiary/aromatic N) is 2. The van der Waals surface area contributed by atoms with E-state index >= 15 is 0 Å². The molecule has 3 nitrogen and oxygen atoms in total. The predicted octanol–water partition coefficient (Wildman–Crippen LogP) is 1.49. The molecule has 70 valence electrons. The molecule has 0 saturated heterocycles. The van der Waals surface area contributed by atoms with E-state index in [0.29, 0.717) is 0 Å². The zero-order valence-electron chi connectivity index (χ0n) is 8.12. The molecule has 1 aromatic heterocycles. The Morgan fingerprint density at radius 3 is 3.00 bits per heavy atom. The van der Waals surface area contributed by atoms with Crippen molar-refractivity contribution >= 4 is 6.08 Å². The van der Waals surface area contributed by atoms with Gasteiger partial charge in [-0.3, -0.25) is 0 Å². The molecule has 0 aliphatic rings. The highest BCUT2D eigenvalue weighted by molar-refractivity contribution is 5.48. The van der Waals surface area contributed by atoms with Crippen LogP contribution < -0.4 is 5.32 Å². The van der Waals surface area contributed by atoms with Crippen molar-refractivity contribution in [2.75, 3.05) is 13.6 Å². The largest absolute Gasteiger partial charge is 0.316 e. The molecule has 0 atom stereocenters. The Morgan fingerprint density at radius 1 is 1.62 bits per heavy atom. The van der Waals surface area contributed by atoms with Crippen LogP contribution in [0.25, 0.3) is 6.08 Å². The van der Waals surface area contributed by atoms with Gasteiger partial charge in [-0.05, 0) is 25.6 Å². The third kappa shape index (κ3) is 3.34. The molecular weight excluding hydrogens is 162 g/mol. The summed E-state index contributed by atoms with van der Waals surface area (Å²) in [5, 5.41) is 3.13. The molecule has 0 unspecified atom stereocenters. The van der Waals surface area contributed by atoms with Crippen molar-refractivity contribution in [3.05, 3.63) is 29.9 Å². The lowest BCUT2D eigenvalue weighted by atomic mass is 10.1. The summed E-state index contributed by atoms with van der Waals surface area (Å²) < 4.78 is 0. The summed E-state index contributed by atoms with van der Waals surface area (Å²) in [5.74, 6) is 0. The van der Waals surface area contributed by atoms with Gasteiger partial charge in [0.15, 0.2) is 0 Å². The molecule has 1 rings (SSSR count). The highest BCUT2D eigenvalue weighted by Crippen LogP contribution is 2.05. The summed E-state index contributed by atoms with van der Waals surface area (Å²) >= 11 is 0. The summed E-state index contributed by atoms with van der Waals surface area (Å²) in [5.41, 5.74) is 2.32. The lowest BCUT2D eigenvalue weighted by molar-refractivity contribution is 0.850. The average Bonchev–Trinajstić information content (AvgIpc) is 2.19. The van der Waals surface area contributed by atoms with Crippen molar-refractivity contribution in [2.45, 2.75) is 13.3 Å². The van der Waals surface area contributed by atoms with Crippen molar-refractivity contribution in [3.63, 3.8) is 0 Å². The monoisotopic (exact) mass is 177 g/mol. The highest BCUT2D eigenvalue weighted by Gasteiger charge is 1.93. The maximum Gasteiger partial charge on any atom is 0.115 e. The van der Waals surface area contributed by atoms with Gasteiger partial charge in [0.1, 0.15) is 6.33 Å². The smallest absolute Gasteiger partial charge is 0.115 e. The highest BCUT2D eigenvalue weighted by atomic mass is 14.8. The third-order valence-corrected chi connectivity index (χ3v) is 1.81. The van der Waals surface area contributed by atoms with E-state index in [1.807, 2.05) is 13.1 Å². The lowest BCUT2D eigenvalue weighted by Crippen LogP contribution is -2.09. The van der Waals surface area contributed by atoms with Crippen LogP contribution in [-0.2, 0) is 0 Å². The van der Waals surface area contributed by atoms with Gasteiger partial charge in [0, 0.05) is 12.7 Å². The Hall–Kier alpha value is -1.22. The van der Waals surface area contributed by atoms with E-state index in [1.165, 1.54) is 5.57 Å². The molecule has 0 saturated carbocycles. The topological polar surface area (TPSA) is 37.8 Å². The molecule has 13 heavy (non-hydrogen) atoms. The summed E-state index contributed by atoms with van der Waals surface area (Å²) in [4.78, 5) is 8.00. The Labute approximate surface area is 78.9 Å². The quantitative estimate of drug-likeness (QED) is 0.757. The van der Waals surface area contributed by atoms with Crippen LogP contribution in [0.3, 0.4) is 0 Å². The molecule has 1 aromatic rings. The van der Waals surface area contributed by atoms with Crippen molar-refractivity contribution in [2.24, 2.45) is 0 Å². The van der Waals surface area contributed by atoms with Crippen LogP contribution in [0.4, 0.5) is 0 Å². The maximum absolute atomic E-state index is 4.13. The molecular formula is C10H15N3. The number of hydrogen-bond acceptors (Lipinski definition) is 3. The fourth-order valence-corrected chi connectivity index (χ4v) is 1.10. The second kappa shape index (κ2) is 5.43. The molecule has 0 bridgehead atoms. The molecule has 0 aromatic carbocycles. The van der Waals surface area contributed by atoms with Gasteiger partial charge in [0.2, 0.25) is 0 Å². The first kappa shape index (κ1) is 9.86. The minimum atomic E-state index is 0.917. The maximum atomic E-state index is 4.13. The van der Waals surface area contributed by atoms with Crippen molar-refractivity contribution in [1.29, 1.82) is 0 Å². The molecule has 0 spiro atoms. The molecule has 0 aliphatic heterocycles. The van der Waals surface area contributed by atoms with Crippen molar-refractivity contribution in [1.82, 2.24) is 15.3 Å². The molecule has 3 heteroatoms. The molecule has 1 heterocycles. The number of nitrogens with one attached hydrogen (secondary N) is 1. The summed E-state index contributed by atoms with van der Waals surface area (Å²) in [6.07, 6.45) is 6.47. The summed E-state index contributed by atoms with van der Waals surface area (Å²) in [7, 11) is 1.95. The van der Waals surface area contributed by atoms with Gasteiger partial charge in [0.25, 0.3) is 0 Å². The molecule has 1 N–H and O–H groups in total. The molecule has 0 amide bonds. The molecule has 0 radical (unpaired) electrons. The Morgan fingerprint density at radius 2 is 2.46 bits per heavy atom. The van der Waals surface area contributed by atoms with Crippen LogP contribution in [0.15, 0.2) is 24.2 Å². The normalized spacial score (nSPS) is 11.7. The second-order valence-electron chi connectivity index (χ2n) is 2.82. The molecule has 0 aliphatic carbocycles. The zero-order chi connectivity index (χ0) is 9.52. The Bertz CT molecular complexity index is 267. The fourth-order valence-electron chi connectivity index (χ4n) is 1.10. The first-order valence-corrected chi connectivity index (χ1v) is 4.47. The number of rotatable bonds is 4. The van der Waals surface area contributed by atoms with E-state index in [2.05, 4.69) is 28.3 Å². The van der Waals surface area contributed by atoms with Crippen LogP contribution in [0.1, 0.15) is 19.0 Å². The number of likely N-dealkylation sites (N-methyl/N-ethyl adjacent to an activating group) is 1. The van der Waals surface area contributed by atoms with Gasteiger partial charge in [-0.15, -0.1) is 0 Å². The predicted molar refractivity (Wildman–Crippen MR) is 54.2 cm³/mol. The Kier molecular flexibility index (Phi) is 4.12. The SMILES string of the molecule is CCC(=Cc1ccncn1)CNC. The van der Waals surface area contributed by atoms with E-state index in [0.717, 1.165) is 18.7 Å². The van der Waals surface area contributed by atoms with Crippen LogP contribution in [0, 0.1) is 0 Å². The van der Waals surface area contributed by atoms with E-state index in [4.69, 9.17) is 0 Å². The van der Waals surface area contributed by atoms with Crippen LogP contribution in [0.2, 0.25) is 0 Å². The zero-order valence-corrected chi connectivity index (χ0v) is 8.12. The first-order valence-electron chi connectivity index (χ1n) is 4.47. The van der Waals surface area contributed by atoms with Gasteiger partial charge in [-0.1, -0.05) is 12.5 Å². The van der Waals surface area contributed by atoms with Crippen molar-refractivity contribution < 1.29 is 0 Å². The average molecular weight is 177 g/mol. The standard InChI is InChI=1S/C10H15N3/c1-3-9(7-11-2)6-10-4-5-12-8-13-10/h4-6,8,11H,3,7H2,1-2H3. The van der Waals surface area contributed by atoms with Gasteiger partial charge < -0.3 is 5.32 Å². The summed E-state index contributed by atoms with van der Waals surface area (Å²) in [6, 6.07) is 1.91.